The number of nitrogens with zero attached hydrogens (tertiary/aromatic N) is 1. The van der Waals surface area contributed by atoms with Crippen molar-refractivity contribution in [3.8, 4) is 11.5 Å². The third kappa shape index (κ3) is 6.68. The van der Waals surface area contributed by atoms with Gasteiger partial charge in [-0.05, 0) is 42.7 Å². The number of alkyl halides is 2. The Labute approximate surface area is 162 Å². The van der Waals surface area contributed by atoms with Crippen molar-refractivity contribution in [3.63, 3.8) is 0 Å². The van der Waals surface area contributed by atoms with Crippen molar-refractivity contribution >= 4 is 5.96 Å². The van der Waals surface area contributed by atoms with Gasteiger partial charge >= 0.3 is 6.61 Å². The minimum Gasteiger partial charge on any atom is -0.490 e. The molecule has 0 aliphatic rings. The Bertz CT molecular complexity index is 785. The third-order valence-electron chi connectivity index (χ3n) is 3.85. The van der Waals surface area contributed by atoms with Gasteiger partial charge in [-0.25, -0.2) is 4.39 Å². The monoisotopic (exact) mass is 395 g/mol. The molecular formula is C20H24F3N3O2. The first kappa shape index (κ1) is 21.4. The van der Waals surface area contributed by atoms with Crippen LogP contribution in [0.15, 0.2) is 47.5 Å². The molecular weight excluding hydrogens is 371 g/mol. The van der Waals surface area contributed by atoms with Gasteiger partial charge in [0, 0.05) is 20.1 Å². The van der Waals surface area contributed by atoms with Crippen LogP contribution in [-0.4, -0.2) is 32.8 Å². The van der Waals surface area contributed by atoms with Crippen LogP contribution in [0.4, 0.5) is 13.2 Å². The van der Waals surface area contributed by atoms with Crippen molar-refractivity contribution < 1.29 is 22.6 Å². The molecule has 0 aliphatic carbocycles. The lowest BCUT2D eigenvalue weighted by Gasteiger charge is -2.15. The van der Waals surface area contributed by atoms with E-state index in [4.69, 9.17) is 4.74 Å². The fourth-order valence-corrected chi connectivity index (χ4v) is 2.55. The van der Waals surface area contributed by atoms with Crippen LogP contribution in [0, 0.1) is 5.82 Å². The van der Waals surface area contributed by atoms with E-state index in [-0.39, 0.29) is 17.3 Å². The molecule has 0 radical (unpaired) electrons. The molecule has 2 rings (SSSR count). The Morgan fingerprint density at radius 1 is 1.11 bits per heavy atom. The van der Waals surface area contributed by atoms with E-state index in [0.717, 1.165) is 5.56 Å². The van der Waals surface area contributed by atoms with Crippen molar-refractivity contribution in [2.45, 2.75) is 26.5 Å². The van der Waals surface area contributed by atoms with Gasteiger partial charge in [0.1, 0.15) is 5.82 Å². The van der Waals surface area contributed by atoms with Gasteiger partial charge < -0.3 is 20.1 Å². The Hall–Kier alpha value is -2.90. The van der Waals surface area contributed by atoms with Gasteiger partial charge in [-0.15, -0.1) is 0 Å². The smallest absolute Gasteiger partial charge is 0.387 e. The molecule has 0 bridgehead atoms. The summed E-state index contributed by atoms with van der Waals surface area (Å²) < 4.78 is 48.4. The highest BCUT2D eigenvalue weighted by Gasteiger charge is 2.12. The van der Waals surface area contributed by atoms with Crippen molar-refractivity contribution in [1.29, 1.82) is 0 Å². The van der Waals surface area contributed by atoms with E-state index in [0.29, 0.717) is 37.6 Å². The third-order valence-corrected chi connectivity index (χ3v) is 3.85. The molecule has 0 amide bonds. The van der Waals surface area contributed by atoms with Crippen LogP contribution in [0.5, 0.6) is 11.5 Å². The van der Waals surface area contributed by atoms with E-state index in [1.165, 1.54) is 12.1 Å². The summed E-state index contributed by atoms with van der Waals surface area (Å²) in [5.74, 6) is 0.557. The highest BCUT2D eigenvalue weighted by atomic mass is 19.3. The Morgan fingerprint density at radius 3 is 2.57 bits per heavy atom. The van der Waals surface area contributed by atoms with Crippen molar-refractivity contribution in [2.75, 3.05) is 20.2 Å². The Kier molecular flexibility index (Phi) is 8.45. The quantitative estimate of drug-likeness (QED) is 0.502. The largest absolute Gasteiger partial charge is 0.490 e. The van der Waals surface area contributed by atoms with E-state index in [1.807, 2.05) is 0 Å². The summed E-state index contributed by atoms with van der Waals surface area (Å²) in [4.78, 5) is 4.12. The van der Waals surface area contributed by atoms with Gasteiger partial charge in [0.15, 0.2) is 17.5 Å². The van der Waals surface area contributed by atoms with E-state index >= 15 is 0 Å². The standard InChI is InChI=1S/C20H24F3N3O2/c1-3-27-18-12-14(8-9-17(18)28-19(22)23)13-26-20(24-2)25-11-10-15-6-4-5-7-16(15)21/h4-9,12,19H,3,10-11,13H2,1-2H3,(H2,24,25,26). The summed E-state index contributed by atoms with van der Waals surface area (Å²) in [6, 6.07) is 11.4. The van der Waals surface area contributed by atoms with E-state index in [2.05, 4.69) is 20.4 Å². The number of benzene rings is 2. The predicted molar refractivity (Wildman–Crippen MR) is 103 cm³/mol. The number of halogens is 3. The molecule has 0 saturated heterocycles. The maximum absolute atomic E-state index is 13.6. The summed E-state index contributed by atoms with van der Waals surface area (Å²) in [6.07, 6.45) is 0.515. The molecule has 0 fully saturated rings. The number of hydrogen-bond acceptors (Lipinski definition) is 3. The van der Waals surface area contributed by atoms with Crippen LogP contribution < -0.4 is 20.1 Å². The summed E-state index contributed by atoms with van der Waals surface area (Å²) in [7, 11) is 1.63. The second-order valence-electron chi connectivity index (χ2n) is 5.79. The lowest BCUT2D eigenvalue weighted by molar-refractivity contribution is -0.0514. The zero-order valence-corrected chi connectivity index (χ0v) is 15.8. The maximum atomic E-state index is 13.6. The Balaban J connectivity index is 1.90. The lowest BCUT2D eigenvalue weighted by atomic mass is 10.1. The normalized spacial score (nSPS) is 11.4. The minimum absolute atomic E-state index is 0.00649. The molecule has 0 aliphatic heterocycles. The van der Waals surface area contributed by atoms with Crippen LogP contribution in [0.1, 0.15) is 18.1 Å². The highest BCUT2D eigenvalue weighted by Crippen LogP contribution is 2.29. The number of aliphatic imine (C=N–C) groups is 1. The van der Waals surface area contributed by atoms with Gasteiger partial charge in [-0.2, -0.15) is 8.78 Å². The van der Waals surface area contributed by atoms with E-state index < -0.39 is 6.61 Å². The summed E-state index contributed by atoms with van der Waals surface area (Å²) in [5.41, 5.74) is 1.43. The molecule has 0 unspecified atom stereocenters. The first-order chi connectivity index (χ1) is 13.5. The first-order valence-electron chi connectivity index (χ1n) is 8.92. The van der Waals surface area contributed by atoms with Gasteiger partial charge in [0.25, 0.3) is 0 Å². The molecule has 0 heterocycles. The zero-order valence-electron chi connectivity index (χ0n) is 15.8. The molecule has 8 heteroatoms. The first-order valence-corrected chi connectivity index (χ1v) is 8.92. The number of hydrogen-bond donors (Lipinski definition) is 2. The molecule has 0 aromatic heterocycles. The number of nitrogens with one attached hydrogen (secondary N) is 2. The van der Waals surface area contributed by atoms with Gasteiger partial charge in [-0.3, -0.25) is 4.99 Å². The molecule has 2 N–H and O–H groups in total. The number of rotatable bonds is 9. The van der Waals surface area contributed by atoms with E-state index in [1.54, 1.807) is 44.3 Å². The van der Waals surface area contributed by atoms with Gasteiger partial charge in [0.2, 0.25) is 0 Å². The fourth-order valence-electron chi connectivity index (χ4n) is 2.55. The second-order valence-corrected chi connectivity index (χ2v) is 5.79. The summed E-state index contributed by atoms with van der Waals surface area (Å²) in [5, 5.41) is 6.23. The van der Waals surface area contributed by atoms with E-state index in [9.17, 15) is 13.2 Å². The van der Waals surface area contributed by atoms with Crippen LogP contribution in [0.2, 0.25) is 0 Å². The lowest BCUT2D eigenvalue weighted by Crippen LogP contribution is -2.37. The molecule has 0 atom stereocenters. The molecule has 0 spiro atoms. The molecule has 0 saturated carbocycles. The molecule has 2 aromatic rings. The van der Waals surface area contributed by atoms with Crippen molar-refractivity contribution in [1.82, 2.24) is 10.6 Å². The minimum atomic E-state index is -2.92. The molecule has 152 valence electrons. The van der Waals surface area contributed by atoms with Crippen LogP contribution in [-0.2, 0) is 13.0 Å². The van der Waals surface area contributed by atoms with Crippen LogP contribution in [0.3, 0.4) is 0 Å². The maximum Gasteiger partial charge on any atom is 0.387 e. The summed E-state index contributed by atoms with van der Waals surface area (Å²) >= 11 is 0. The Morgan fingerprint density at radius 2 is 1.89 bits per heavy atom. The summed E-state index contributed by atoms with van der Waals surface area (Å²) in [6.45, 7) is 0.0785. The van der Waals surface area contributed by atoms with Crippen molar-refractivity contribution in [2.24, 2.45) is 4.99 Å². The average molecular weight is 395 g/mol. The highest BCUT2D eigenvalue weighted by molar-refractivity contribution is 5.79. The number of guanidine groups is 1. The molecule has 5 nitrogen and oxygen atoms in total. The fraction of sp³-hybridized carbons (Fsp3) is 0.350. The topological polar surface area (TPSA) is 54.9 Å². The molecule has 28 heavy (non-hydrogen) atoms. The second kappa shape index (κ2) is 11.1. The van der Waals surface area contributed by atoms with Crippen molar-refractivity contribution in [3.05, 3.63) is 59.4 Å². The van der Waals surface area contributed by atoms with Gasteiger partial charge in [0.05, 0.1) is 6.61 Å². The van der Waals surface area contributed by atoms with Gasteiger partial charge in [-0.1, -0.05) is 24.3 Å². The van der Waals surface area contributed by atoms with Crippen LogP contribution >= 0.6 is 0 Å². The zero-order chi connectivity index (χ0) is 20.4. The predicted octanol–water partition coefficient (Wildman–Crippen LogP) is 3.73. The SMILES string of the molecule is CCOc1cc(CNC(=NC)NCCc2ccccc2F)ccc1OC(F)F. The average Bonchev–Trinajstić information content (AvgIpc) is 2.67. The number of ether oxygens (including phenoxy) is 2. The molecule has 2 aromatic carbocycles. The van der Waals surface area contributed by atoms with Crippen LogP contribution in [0.25, 0.3) is 0 Å².